The van der Waals surface area contributed by atoms with Crippen LogP contribution in [0.5, 0.6) is 0 Å². The molecule has 0 radical (unpaired) electrons. The fraction of sp³-hybridized carbons (Fsp3) is 1.00. The molecule has 0 amide bonds. The standard InChI is InChI=1S/C8H19NS/c1-3-4-5-6-7-8-9-10-2/h9H,3-8H2,1-2H3. The first-order valence-corrected chi connectivity index (χ1v) is 5.40. The third kappa shape index (κ3) is 8.31. The van der Waals surface area contributed by atoms with Crippen molar-refractivity contribution in [1.29, 1.82) is 0 Å². The summed E-state index contributed by atoms with van der Waals surface area (Å²) in [5.74, 6) is 0. The fourth-order valence-corrected chi connectivity index (χ4v) is 1.25. The summed E-state index contributed by atoms with van der Waals surface area (Å²) in [6.07, 6.45) is 8.95. The number of unbranched alkanes of at least 4 members (excludes halogenated alkanes) is 4. The maximum Gasteiger partial charge on any atom is 0.00584 e. The van der Waals surface area contributed by atoms with Gasteiger partial charge in [0.15, 0.2) is 0 Å². The van der Waals surface area contributed by atoms with Crippen molar-refractivity contribution in [3.8, 4) is 0 Å². The first kappa shape index (κ1) is 10.3. The van der Waals surface area contributed by atoms with Gasteiger partial charge in [-0.15, -0.1) is 0 Å². The van der Waals surface area contributed by atoms with Crippen LogP contribution in [0.25, 0.3) is 0 Å². The maximum absolute atomic E-state index is 3.24. The van der Waals surface area contributed by atoms with E-state index in [1.54, 1.807) is 11.9 Å². The molecule has 0 aromatic carbocycles. The molecule has 0 unspecified atom stereocenters. The highest BCUT2D eigenvalue weighted by Gasteiger charge is 1.86. The van der Waals surface area contributed by atoms with Gasteiger partial charge in [-0.25, -0.2) is 0 Å². The minimum absolute atomic E-state index is 1.17. The topological polar surface area (TPSA) is 12.0 Å². The Hall–Kier alpha value is 0.310. The zero-order chi connectivity index (χ0) is 7.66. The Balaban J connectivity index is 2.65. The van der Waals surface area contributed by atoms with E-state index in [2.05, 4.69) is 17.9 Å². The third-order valence-corrected chi connectivity index (χ3v) is 2.02. The molecule has 0 heterocycles. The Morgan fingerprint density at radius 2 is 1.80 bits per heavy atom. The normalized spacial score (nSPS) is 10.2. The van der Waals surface area contributed by atoms with Crippen molar-refractivity contribution in [2.24, 2.45) is 0 Å². The highest BCUT2D eigenvalue weighted by molar-refractivity contribution is 7.96. The van der Waals surface area contributed by atoms with E-state index < -0.39 is 0 Å². The largest absolute Gasteiger partial charge is 0.264 e. The maximum atomic E-state index is 3.24. The molecule has 0 aliphatic carbocycles. The quantitative estimate of drug-likeness (QED) is 0.455. The smallest absolute Gasteiger partial charge is 0.00584 e. The van der Waals surface area contributed by atoms with Gasteiger partial charge in [-0.1, -0.05) is 44.6 Å². The van der Waals surface area contributed by atoms with Gasteiger partial charge in [-0.05, 0) is 12.7 Å². The molecular weight excluding hydrogens is 142 g/mol. The Labute approximate surface area is 69.1 Å². The van der Waals surface area contributed by atoms with E-state index in [1.807, 2.05) is 0 Å². The highest BCUT2D eigenvalue weighted by Crippen LogP contribution is 2.01. The Morgan fingerprint density at radius 1 is 1.10 bits per heavy atom. The van der Waals surface area contributed by atoms with Crippen LogP contribution in [0.3, 0.4) is 0 Å². The summed E-state index contributed by atoms with van der Waals surface area (Å²) in [5, 5.41) is 0. The third-order valence-electron chi connectivity index (χ3n) is 1.53. The van der Waals surface area contributed by atoms with Gasteiger partial charge in [0.2, 0.25) is 0 Å². The summed E-state index contributed by atoms with van der Waals surface area (Å²) < 4.78 is 3.24. The lowest BCUT2D eigenvalue weighted by Crippen LogP contribution is -2.03. The minimum Gasteiger partial charge on any atom is -0.264 e. The van der Waals surface area contributed by atoms with Crippen molar-refractivity contribution in [2.45, 2.75) is 39.0 Å². The molecule has 1 N–H and O–H groups in total. The molecule has 0 aromatic rings. The van der Waals surface area contributed by atoms with Gasteiger partial charge in [-0.3, -0.25) is 4.72 Å². The second kappa shape index (κ2) is 9.31. The van der Waals surface area contributed by atoms with E-state index in [0.717, 1.165) is 0 Å². The molecule has 0 fully saturated rings. The monoisotopic (exact) mass is 161 g/mol. The first-order valence-electron chi connectivity index (χ1n) is 4.17. The summed E-state index contributed by atoms with van der Waals surface area (Å²) in [7, 11) is 0. The average molecular weight is 161 g/mol. The van der Waals surface area contributed by atoms with Crippen LogP contribution in [-0.4, -0.2) is 12.8 Å². The summed E-state index contributed by atoms with van der Waals surface area (Å²) in [6.45, 7) is 3.42. The lowest BCUT2D eigenvalue weighted by Gasteiger charge is -1.99. The van der Waals surface area contributed by atoms with E-state index >= 15 is 0 Å². The van der Waals surface area contributed by atoms with Gasteiger partial charge < -0.3 is 0 Å². The summed E-state index contributed by atoms with van der Waals surface area (Å²) in [6, 6.07) is 0. The molecule has 1 nitrogen and oxygen atoms in total. The summed E-state index contributed by atoms with van der Waals surface area (Å²) in [4.78, 5) is 0. The molecule has 0 saturated carbocycles. The SMILES string of the molecule is CCCCCCCNSC. The molecule has 0 bridgehead atoms. The second-order valence-electron chi connectivity index (χ2n) is 2.51. The van der Waals surface area contributed by atoms with Crippen molar-refractivity contribution in [2.75, 3.05) is 12.8 Å². The lowest BCUT2D eigenvalue weighted by molar-refractivity contribution is 0.630. The van der Waals surface area contributed by atoms with Crippen molar-refractivity contribution < 1.29 is 0 Å². The van der Waals surface area contributed by atoms with E-state index in [-0.39, 0.29) is 0 Å². The molecule has 0 aromatic heterocycles. The molecule has 0 spiro atoms. The van der Waals surface area contributed by atoms with Crippen molar-refractivity contribution in [3.05, 3.63) is 0 Å². The molecule has 0 atom stereocenters. The van der Waals surface area contributed by atoms with Gasteiger partial charge in [-0.2, -0.15) is 0 Å². The molecule has 0 aliphatic heterocycles. The van der Waals surface area contributed by atoms with Crippen LogP contribution in [0.2, 0.25) is 0 Å². The minimum atomic E-state index is 1.17. The zero-order valence-corrected chi connectivity index (χ0v) is 7.97. The van der Waals surface area contributed by atoms with Crippen LogP contribution in [0.4, 0.5) is 0 Å². The van der Waals surface area contributed by atoms with Crippen LogP contribution in [0, 0.1) is 0 Å². The van der Waals surface area contributed by atoms with Crippen molar-refractivity contribution in [3.63, 3.8) is 0 Å². The second-order valence-corrected chi connectivity index (χ2v) is 3.21. The number of hydrogen-bond acceptors (Lipinski definition) is 2. The van der Waals surface area contributed by atoms with E-state index in [0.29, 0.717) is 0 Å². The zero-order valence-electron chi connectivity index (χ0n) is 7.15. The predicted molar refractivity (Wildman–Crippen MR) is 50.3 cm³/mol. The van der Waals surface area contributed by atoms with Gasteiger partial charge in [0, 0.05) is 6.54 Å². The van der Waals surface area contributed by atoms with E-state index in [1.165, 1.54) is 38.6 Å². The van der Waals surface area contributed by atoms with Gasteiger partial charge in [0.25, 0.3) is 0 Å². The van der Waals surface area contributed by atoms with Crippen LogP contribution in [-0.2, 0) is 0 Å². The van der Waals surface area contributed by atoms with Crippen LogP contribution >= 0.6 is 11.9 Å². The van der Waals surface area contributed by atoms with E-state index in [4.69, 9.17) is 0 Å². The lowest BCUT2D eigenvalue weighted by atomic mass is 10.2. The van der Waals surface area contributed by atoms with Gasteiger partial charge >= 0.3 is 0 Å². The van der Waals surface area contributed by atoms with Crippen LogP contribution < -0.4 is 4.72 Å². The summed E-state index contributed by atoms with van der Waals surface area (Å²) >= 11 is 1.72. The highest BCUT2D eigenvalue weighted by atomic mass is 32.2. The van der Waals surface area contributed by atoms with Gasteiger partial charge in [0.05, 0.1) is 0 Å². The summed E-state index contributed by atoms with van der Waals surface area (Å²) in [5.41, 5.74) is 0. The molecule has 0 rings (SSSR count). The molecule has 62 valence electrons. The molecule has 0 aliphatic rings. The van der Waals surface area contributed by atoms with E-state index in [9.17, 15) is 0 Å². The number of nitrogens with one attached hydrogen (secondary N) is 1. The van der Waals surface area contributed by atoms with Crippen LogP contribution in [0.15, 0.2) is 0 Å². The molecular formula is C8H19NS. The number of hydrogen-bond donors (Lipinski definition) is 1. The Bertz CT molecular complexity index is 49.2. The molecule has 10 heavy (non-hydrogen) atoms. The number of rotatable bonds is 7. The molecule has 0 saturated heterocycles. The average Bonchev–Trinajstić information content (AvgIpc) is 1.97. The van der Waals surface area contributed by atoms with Gasteiger partial charge in [0.1, 0.15) is 0 Å². The predicted octanol–water partition coefficient (Wildman–Crippen LogP) is 2.82. The Kier molecular flexibility index (Phi) is 9.60. The fourth-order valence-electron chi connectivity index (χ4n) is 0.903. The van der Waals surface area contributed by atoms with Crippen molar-refractivity contribution in [1.82, 2.24) is 4.72 Å². The molecule has 2 heteroatoms. The van der Waals surface area contributed by atoms with Crippen molar-refractivity contribution >= 4 is 11.9 Å². The first-order chi connectivity index (χ1) is 4.91. The Morgan fingerprint density at radius 3 is 2.40 bits per heavy atom. The van der Waals surface area contributed by atoms with Crippen LogP contribution in [0.1, 0.15) is 39.0 Å².